The van der Waals surface area contributed by atoms with E-state index < -0.39 is 0 Å². The van der Waals surface area contributed by atoms with Gasteiger partial charge in [-0.15, -0.1) is 0 Å². The minimum atomic E-state index is 0.671. The summed E-state index contributed by atoms with van der Waals surface area (Å²) in [5.74, 6) is 0. The van der Waals surface area contributed by atoms with E-state index in [4.69, 9.17) is 23.2 Å². The third-order valence-electron chi connectivity index (χ3n) is 2.61. The van der Waals surface area contributed by atoms with Crippen LogP contribution in [0.15, 0.2) is 46.2 Å². The molecule has 3 heteroatoms. The number of rotatable bonds is 0. The van der Waals surface area contributed by atoms with Crippen LogP contribution >= 0.6 is 35.0 Å². The van der Waals surface area contributed by atoms with E-state index in [-0.39, 0.29) is 0 Å². The van der Waals surface area contributed by atoms with Crippen molar-refractivity contribution in [3.05, 3.63) is 57.6 Å². The molecule has 0 atom stereocenters. The van der Waals surface area contributed by atoms with Gasteiger partial charge in [0.15, 0.2) is 0 Å². The lowest BCUT2D eigenvalue weighted by atomic mass is 10.1. The van der Waals surface area contributed by atoms with Crippen molar-refractivity contribution in [1.82, 2.24) is 0 Å². The smallest absolute Gasteiger partial charge is 0.0566 e. The zero-order valence-electron chi connectivity index (χ0n) is 8.78. The molecule has 84 valence electrons. The minimum Gasteiger partial charge on any atom is -0.0873 e. The molecular formula is C14H8Cl2S. The largest absolute Gasteiger partial charge is 0.0873 e. The average molecular weight is 279 g/mol. The van der Waals surface area contributed by atoms with Crippen LogP contribution in [0.1, 0.15) is 11.1 Å². The Kier molecular flexibility index (Phi) is 2.91. The summed E-state index contributed by atoms with van der Waals surface area (Å²) in [7, 11) is 0. The SMILES string of the molecule is Clc1cc(Cl)c2c(c1)C=Cc1ccccc1S2. The van der Waals surface area contributed by atoms with Crippen molar-refractivity contribution < 1.29 is 0 Å². The molecule has 0 unspecified atom stereocenters. The molecule has 0 bridgehead atoms. The molecule has 0 aromatic heterocycles. The van der Waals surface area contributed by atoms with Crippen LogP contribution in [0.4, 0.5) is 0 Å². The molecule has 0 amide bonds. The van der Waals surface area contributed by atoms with Crippen molar-refractivity contribution in [2.75, 3.05) is 0 Å². The van der Waals surface area contributed by atoms with Gasteiger partial charge < -0.3 is 0 Å². The highest BCUT2D eigenvalue weighted by Crippen LogP contribution is 2.42. The van der Waals surface area contributed by atoms with Gasteiger partial charge in [-0.05, 0) is 29.3 Å². The number of hydrogen-bond acceptors (Lipinski definition) is 1. The summed E-state index contributed by atoms with van der Waals surface area (Å²) in [5, 5.41) is 1.38. The van der Waals surface area contributed by atoms with Gasteiger partial charge in [0.05, 0.1) is 5.02 Å². The Labute approximate surface area is 114 Å². The minimum absolute atomic E-state index is 0.671. The van der Waals surface area contributed by atoms with Crippen molar-refractivity contribution in [2.24, 2.45) is 0 Å². The summed E-state index contributed by atoms with van der Waals surface area (Å²) in [6, 6.07) is 12.0. The zero-order valence-corrected chi connectivity index (χ0v) is 11.1. The molecule has 0 nitrogen and oxygen atoms in total. The Hall–Kier alpha value is -0.890. The van der Waals surface area contributed by atoms with Gasteiger partial charge in [0.1, 0.15) is 0 Å². The molecule has 0 fully saturated rings. The van der Waals surface area contributed by atoms with Crippen LogP contribution in [0, 0.1) is 0 Å². The third-order valence-corrected chi connectivity index (χ3v) is 4.49. The maximum atomic E-state index is 6.25. The van der Waals surface area contributed by atoms with Crippen LogP contribution in [-0.4, -0.2) is 0 Å². The number of benzene rings is 2. The van der Waals surface area contributed by atoms with E-state index in [1.165, 1.54) is 10.5 Å². The van der Waals surface area contributed by atoms with Crippen molar-refractivity contribution in [3.8, 4) is 0 Å². The molecule has 1 aliphatic heterocycles. The Morgan fingerprint density at radius 1 is 0.882 bits per heavy atom. The number of fused-ring (bicyclic) bond motifs is 2. The second kappa shape index (κ2) is 4.41. The van der Waals surface area contributed by atoms with Crippen LogP contribution in [0.3, 0.4) is 0 Å². The Morgan fingerprint density at radius 3 is 2.53 bits per heavy atom. The van der Waals surface area contributed by atoms with Crippen LogP contribution < -0.4 is 0 Å². The van der Waals surface area contributed by atoms with Gasteiger partial charge in [-0.2, -0.15) is 0 Å². The van der Waals surface area contributed by atoms with Gasteiger partial charge in [0.2, 0.25) is 0 Å². The van der Waals surface area contributed by atoms with E-state index in [1.54, 1.807) is 17.8 Å². The molecule has 0 saturated carbocycles. The maximum absolute atomic E-state index is 6.25. The van der Waals surface area contributed by atoms with Crippen LogP contribution in [0.5, 0.6) is 0 Å². The fraction of sp³-hybridized carbons (Fsp3) is 0. The van der Waals surface area contributed by atoms with E-state index >= 15 is 0 Å². The second-order valence-electron chi connectivity index (χ2n) is 3.78. The van der Waals surface area contributed by atoms with Crippen LogP contribution in [0.2, 0.25) is 10.0 Å². The molecule has 0 radical (unpaired) electrons. The third kappa shape index (κ3) is 2.11. The topological polar surface area (TPSA) is 0 Å². The summed E-state index contributed by atoms with van der Waals surface area (Å²) in [5.41, 5.74) is 2.28. The fourth-order valence-corrected chi connectivity index (χ4v) is 3.46. The summed E-state index contributed by atoms with van der Waals surface area (Å²) in [6.45, 7) is 0. The maximum Gasteiger partial charge on any atom is 0.0566 e. The molecule has 17 heavy (non-hydrogen) atoms. The Bertz CT molecular complexity index is 618. The fourth-order valence-electron chi connectivity index (χ4n) is 1.81. The van der Waals surface area contributed by atoms with Crippen LogP contribution in [-0.2, 0) is 0 Å². The molecule has 3 rings (SSSR count). The molecule has 0 saturated heterocycles. The van der Waals surface area contributed by atoms with Crippen molar-refractivity contribution in [2.45, 2.75) is 9.79 Å². The van der Waals surface area contributed by atoms with Crippen LogP contribution in [0.25, 0.3) is 12.2 Å². The Balaban J connectivity index is 2.22. The first-order valence-electron chi connectivity index (χ1n) is 5.18. The lowest BCUT2D eigenvalue weighted by molar-refractivity contribution is 1.39. The van der Waals surface area contributed by atoms with E-state index in [0.717, 1.165) is 10.5 Å². The molecule has 2 aromatic rings. The van der Waals surface area contributed by atoms with E-state index in [9.17, 15) is 0 Å². The molecule has 1 heterocycles. The highest BCUT2D eigenvalue weighted by Gasteiger charge is 2.13. The summed E-state index contributed by atoms with van der Waals surface area (Å²) in [6.07, 6.45) is 4.16. The highest BCUT2D eigenvalue weighted by atomic mass is 35.5. The number of hydrogen-bond donors (Lipinski definition) is 0. The zero-order chi connectivity index (χ0) is 11.8. The normalized spacial score (nSPS) is 12.8. The first-order chi connectivity index (χ1) is 8.24. The predicted octanol–water partition coefficient (Wildman–Crippen LogP) is 5.63. The van der Waals surface area contributed by atoms with Crippen molar-refractivity contribution in [3.63, 3.8) is 0 Å². The van der Waals surface area contributed by atoms with E-state index in [0.29, 0.717) is 10.0 Å². The molecule has 0 N–H and O–H groups in total. The summed E-state index contributed by atoms with van der Waals surface area (Å²) in [4.78, 5) is 2.28. The van der Waals surface area contributed by atoms with Gasteiger partial charge in [0.25, 0.3) is 0 Å². The Morgan fingerprint density at radius 2 is 1.65 bits per heavy atom. The van der Waals surface area contributed by atoms with Gasteiger partial charge in [-0.1, -0.05) is 65.3 Å². The molecule has 1 aliphatic rings. The molecular weight excluding hydrogens is 271 g/mol. The highest BCUT2D eigenvalue weighted by molar-refractivity contribution is 7.99. The lowest BCUT2D eigenvalue weighted by Gasteiger charge is -2.08. The van der Waals surface area contributed by atoms with Gasteiger partial charge in [-0.3, -0.25) is 0 Å². The number of halogens is 2. The first kappa shape index (κ1) is 11.2. The molecule has 0 aliphatic carbocycles. The summed E-state index contributed by atoms with van der Waals surface area (Å²) >= 11 is 14.0. The lowest BCUT2D eigenvalue weighted by Crippen LogP contribution is -1.81. The van der Waals surface area contributed by atoms with E-state index in [2.05, 4.69) is 24.3 Å². The van der Waals surface area contributed by atoms with Gasteiger partial charge >= 0.3 is 0 Å². The monoisotopic (exact) mass is 278 g/mol. The van der Waals surface area contributed by atoms with Crippen molar-refractivity contribution >= 4 is 47.1 Å². The van der Waals surface area contributed by atoms with E-state index in [1.807, 2.05) is 18.2 Å². The van der Waals surface area contributed by atoms with Gasteiger partial charge in [-0.25, -0.2) is 0 Å². The quantitative estimate of drug-likeness (QED) is 0.514. The first-order valence-corrected chi connectivity index (χ1v) is 6.75. The molecule has 0 spiro atoms. The average Bonchev–Trinajstić information content (AvgIpc) is 2.49. The predicted molar refractivity (Wildman–Crippen MR) is 76.0 cm³/mol. The second-order valence-corrected chi connectivity index (χ2v) is 5.68. The molecule has 2 aromatic carbocycles. The van der Waals surface area contributed by atoms with Gasteiger partial charge in [0, 0.05) is 14.8 Å². The summed E-state index contributed by atoms with van der Waals surface area (Å²) < 4.78 is 0. The standard InChI is InChI=1S/C14H8Cl2S/c15-11-7-10-6-5-9-3-1-2-4-13(9)17-14(10)12(16)8-11/h1-8H. The van der Waals surface area contributed by atoms with Crippen molar-refractivity contribution in [1.29, 1.82) is 0 Å².